The van der Waals surface area contributed by atoms with Crippen LogP contribution in [-0.2, 0) is 6.54 Å². The quantitative estimate of drug-likeness (QED) is 0.433. The van der Waals surface area contributed by atoms with E-state index in [1.54, 1.807) is 17.0 Å². The minimum atomic E-state index is -0.436. The van der Waals surface area contributed by atoms with Crippen molar-refractivity contribution in [2.45, 2.75) is 6.54 Å². The molecule has 0 radical (unpaired) electrons. The molecule has 0 N–H and O–H groups in total. The third-order valence-corrected chi connectivity index (χ3v) is 5.16. The second-order valence-corrected chi connectivity index (χ2v) is 7.11. The molecule has 1 heterocycles. The summed E-state index contributed by atoms with van der Waals surface area (Å²) < 4.78 is 13.7. The number of thiazole rings is 1. The maximum atomic E-state index is 13.7. The Morgan fingerprint density at radius 2 is 1.64 bits per heavy atom. The summed E-state index contributed by atoms with van der Waals surface area (Å²) in [5, 5.41) is 2.51. The lowest BCUT2D eigenvalue weighted by Gasteiger charge is -2.20. The first-order valence-corrected chi connectivity index (χ1v) is 9.71. The molecule has 0 bridgehead atoms. The molecule has 0 aliphatic heterocycles. The molecule has 0 spiro atoms. The van der Waals surface area contributed by atoms with Crippen LogP contribution in [0.25, 0.3) is 11.3 Å². The van der Waals surface area contributed by atoms with Gasteiger partial charge in [-0.2, -0.15) is 0 Å². The van der Waals surface area contributed by atoms with Crippen molar-refractivity contribution in [2.24, 2.45) is 0 Å². The first kappa shape index (κ1) is 18.1. The number of aromatic nitrogens is 1. The molecule has 1 amide bonds. The van der Waals surface area contributed by atoms with Crippen molar-refractivity contribution in [3.05, 3.63) is 107 Å². The van der Waals surface area contributed by atoms with Crippen molar-refractivity contribution in [1.29, 1.82) is 0 Å². The highest BCUT2D eigenvalue weighted by molar-refractivity contribution is 7.14. The van der Waals surface area contributed by atoms with Gasteiger partial charge in [0.25, 0.3) is 5.91 Å². The van der Waals surface area contributed by atoms with Crippen molar-refractivity contribution in [3.63, 3.8) is 0 Å². The second-order valence-electron chi connectivity index (χ2n) is 6.27. The van der Waals surface area contributed by atoms with Crippen LogP contribution in [0.4, 0.5) is 9.52 Å². The molecular weight excluding hydrogens is 371 g/mol. The summed E-state index contributed by atoms with van der Waals surface area (Å²) in [6.45, 7) is 0.359. The van der Waals surface area contributed by atoms with Crippen molar-refractivity contribution < 1.29 is 9.18 Å². The fourth-order valence-electron chi connectivity index (χ4n) is 2.90. The van der Waals surface area contributed by atoms with Crippen LogP contribution >= 0.6 is 11.3 Å². The number of anilines is 1. The second kappa shape index (κ2) is 8.15. The Morgan fingerprint density at radius 3 is 2.36 bits per heavy atom. The van der Waals surface area contributed by atoms with Crippen molar-refractivity contribution >= 4 is 22.4 Å². The smallest absolute Gasteiger partial charge is 0.260 e. The molecular formula is C23H17FN2OS. The van der Waals surface area contributed by atoms with Gasteiger partial charge in [0.15, 0.2) is 5.13 Å². The fourth-order valence-corrected chi connectivity index (χ4v) is 3.73. The number of amides is 1. The van der Waals surface area contributed by atoms with Crippen molar-refractivity contribution in [1.82, 2.24) is 4.98 Å². The van der Waals surface area contributed by atoms with E-state index in [-0.39, 0.29) is 5.91 Å². The number of halogens is 1. The van der Waals surface area contributed by atoms with Gasteiger partial charge in [-0.05, 0) is 23.8 Å². The van der Waals surface area contributed by atoms with E-state index in [0.29, 0.717) is 17.2 Å². The minimum Gasteiger partial charge on any atom is -0.279 e. The van der Waals surface area contributed by atoms with E-state index in [0.717, 1.165) is 16.8 Å². The zero-order chi connectivity index (χ0) is 19.3. The Balaban J connectivity index is 1.71. The molecule has 1 aromatic heterocycles. The fraction of sp³-hybridized carbons (Fsp3) is 0.0435. The van der Waals surface area contributed by atoms with E-state index in [9.17, 15) is 9.18 Å². The van der Waals surface area contributed by atoms with Crippen LogP contribution in [0.3, 0.4) is 0 Å². The van der Waals surface area contributed by atoms with Gasteiger partial charge >= 0.3 is 0 Å². The molecule has 4 aromatic rings. The highest BCUT2D eigenvalue weighted by atomic mass is 32.1. The number of rotatable bonds is 5. The van der Waals surface area contributed by atoms with Crippen LogP contribution in [0.2, 0.25) is 0 Å². The van der Waals surface area contributed by atoms with Crippen LogP contribution in [0.5, 0.6) is 0 Å². The lowest BCUT2D eigenvalue weighted by Crippen LogP contribution is -2.30. The Hall–Kier alpha value is -3.31. The molecule has 0 saturated carbocycles. The summed E-state index contributed by atoms with van der Waals surface area (Å²) in [7, 11) is 0. The van der Waals surface area contributed by atoms with Crippen LogP contribution in [0.1, 0.15) is 15.9 Å². The highest BCUT2D eigenvalue weighted by Crippen LogP contribution is 2.29. The number of nitrogens with zero attached hydrogens (tertiary/aromatic N) is 2. The largest absolute Gasteiger partial charge is 0.279 e. The van der Waals surface area contributed by atoms with Crippen LogP contribution < -0.4 is 4.90 Å². The standard InChI is InChI=1S/C23H17FN2OS/c24-20-13-7-12-19(14-20)22(27)26(15-17-8-3-1-4-9-17)23-25-21(16-28-23)18-10-5-2-6-11-18/h1-14,16H,15H2. The molecule has 3 aromatic carbocycles. The molecule has 0 atom stereocenters. The van der Waals surface area contributed by atoms with Gasteiger partial charge in [0.2, 0.25) is 0 Å². The molecule has 3 nitrogen and oxygen atoms in total. The third kappa shape index (κ3) is 4.00. The Morgan fingerprint density at radius 1 is 0.929 bits per heavy atom. The predicted octanol–water partition coefficient (Wildman–Crippen LogP) is 5.80. The lowest BCUT2D eigenvalue weighted by molar-refractivity contribution is 0.0984. The van der Waals surface area contributed by atoms with Gasteiger partial charge in [-0.1, -0.05) is 66.7 Å². The molecule has 28 heavy (non-hydrogen) atoms. The van der Waals surface area contributed by atoms with Gasteiger partial charge in [-0.3, -0.25) is 9.69 Å². The number of benzene rings is 3. The maximum absolute atomic E-state index is 13.7. The number of hydrogen-bond acceptors (Lipinski definition) is 3. The monoisotopic (exact) mass is 388 g/mol. The molecule has 0 aliphatic rings. The van der Waals surface area contributed by atoms with E-state index in [2.05, 4.69) is 4.98 Å². The average molecular weight is 388 g/mol. The SMILES string of the molecule is O=C(c1cccc(F)c1)N(Cc1ccccc1)c1nc(-c2ccccc2)cs1. The molecule has 0 aliphatic carbocycles. The topological polar surface area (TPSA) is 33.2 Å². The van der Waals surface area contributed by atoms with E-state index in [4.69, 9.17) is 0 Å². The summed E-state index contributed by atoms with van der Waals surface area (Å²) in [4.78, 5) is 19.4. The Labute approximate surface area is 166 Å². The number of carbonyl (C=O) groups excluding carboxylic acids is 1. The van der Waals surface area contributed by atoms with Gasteiger partial charge in [0.05, 0.1) is 12.2 Å². The summed E-state index contributed by atoms with van der Waals surface area (Å²) in [5.74, 6) is -0.716. The molecule has 4 rings (SSSR count). The zero-order valence-corrected chi connectivity index (χ0v) is 15.8. The summed E-state index contributed by atoms with van der Waals surface area (Å²) >= 11 is 1.40. The van der Waals surface area contributed by atoms with Gasteiger partial charge < -0.3 is 0 Å². The molecule has 138 valence electrons. The van der Waals surface area contributed by atoms with Gasteiger partial charge in [-0.25, -0.2) is 9.37 Å². The van der Waals surface area contributed by atoms with Crippen molar-refractivity contribution in [3.8, 4) is 11.3 Å². The van der Waals surface area contributed by atoms with Gasteiger partial charge in [0, 0.05) is 16.5 Å². The zero-order valence-electron chi connectivity index (χ0n) is 15.0. The molecule has 0 unspecified atom stereocenters. The third-order valence-electron chi connectivity index (χ3n) is 4.29. The maximum Gasteiger partial charge on any atom is 0.260 e. The van der Waals surface area contributed by atoms with E-state index >= 15 is 0 Å². The summed E-state index contributed by atoms with van der Waals surface area (Å²) in [6, 6.07) is 25.3. The minimum absolute atomic E-state index is 0.280. The number of carbonyl (C=O) groups is 1. The van der Waals surface area contributed by atoms with E-state index in [1.165, 1.54) is 23.5 Å². The Kier molecular flexibility index (Phi) is 5.26. The first-order valence-electron chi connectivity index (χ1n) is 8.83. The van der Waals surface area contributed by atoms with Gasteiger partial charge in [0.1, 0.15) is 5.82 Å². The Bertz CT molecular complexity index is 1080. The van der Waals surface area contributed by atoms with Crippen LogP contribution in [0.15, 0.2) is 90.3 Å². The molecule has 0 saturated heterocycles. The normalized spacial score (nSPS) is 10.6. The molecule has 5 heteroatoms. The molecule has 0 fully saturated rings. The lowest BCUT2D eigenvalue weighted by atomic mass is 10.1. The van der Waals surface area contributed by atoms with Crippen LogP contribution in [-0.4, -0.2) is 10.9 Å². The highest BCUT2D eigenvalue weighted by Gasteiger charge is 2.22. The predicted molar refractivity (Wildman–Crippen MR) is 111 cm³/mol. The first-order chi connectivity index (χ1) is 13.7. The van der Waals surface area contributed by atoms with E-state index < -0.39 is 5.82 Å². The van der Waals surface area contributed by atoms with Crippen LogP contribution in [0, 0.1) is 5.82 Å². The van der Waals surface area contributed by atoms with E-state index in [1.807, 2.05) is 66.0 Å². The summed E-state index contributed by atoms with van der Waals surface area (Å²) in [5.41, 5.74) is 3.07. The summed E-state index contributed by atoms with van der Waals surface area (Å²) in [6.07, 6.45) is 0. The number of hydrogen-bond donors (Lipinski definition) is 0. The van der Waals surface area contributed by atoms with Gasteiger partial charge in [-0.15, -0.1) is 11.3 Å². The van der Waals surface area contributed by atoms with Crippen molar-refractivity contribution in [2.75, 3.05) is 4.90 Å². The average Bonchev–Trinajstić information content (AvgIpc) is 3.23.